The number of nitrogens with two attached hydrogens (primary N) is 1. The van der Waals surface area contributed by atoms with Gasteiger partial charge in [0.2, 0.25) is 0 Å². The molecule has 0 aliphatic heterocycles. The summed E-state index contributed by atoms with van der Waals surface area (Å²) >= 11 is 0. The van der Waals surface area contributed by atoms with Gasteiger partial charge in [-0.15, -0.1) is 0 Å². The van der Waals surface area contributed by atoms with Crippen LogP contribution in [0.25, 0.3) is 10.8 Å². The van der Waals surface area contributed by atoms with Crippen LogP contribution in [0.2, 0.25) is 0 Å². The number of fused-ring (bicyclic) bond motifs is 1. The van der Waals surface area contributed by atoms with Gasteiger partial charge in [-0.2, -0.15) is 0 Å². The Morgan fingerprint density at radius 3 is 3.00 bits per heavy atom. The minimum Gasteiger partial charge on any atom is -0.297 e. The van der Waals surface area contributed by atoms with Crippen LogP contribution in [0.5, 0.6) is 0 Å². The second kappa shape index (κ2) is 3.74. The molecule has 1 atom stereocenters. The second-order valence-electron chi connectivity index (χ2n) is 3.22. The molecule has 0 saturated heterocycles. The summed E-state index contributed by atoms with van der Waals surface area (Å²) in [6.45, 7) is 1.93. The molecule has 72 valence electrons. The van der Waals surface area contributed by atoms with E-state index in [2.05, 4.69) is 4.98 Å². The molecule has 0 bridgehead atoms. The van der Waals surface area contributed by atoms with Crippen molar-refractivity contribution in [1.82, 2.24) is 4.98 Å². The molecule has 3 heteroatoms. The van der Waals surface area contributed by atoms with Crippen LogP contribution in [-0.2, 0) is 4.84 Å². The van der Waals surface area contributed by atoms with E-state index < -0.39 is 0 Å². The van der Waals surface area contributed by atoms with Gasteiger partial charge in [-0.1, -0.05) is 18.2 Å². The van der Waals surface area contributed by atoms with E-state index in [4.69, 9.17) is 10.7 Å². The molecule has 1 aromatic carbocycles. The van der Waals surface area contributed by atoms with Crippen LogP contribution in [0.4, 0.5) is 0 Å². The standard InChI is InChI=1S/C11H12N2O/c1-8(14-12)10-4-2-3-9-7-13-6-5-11(9)10/h2-8H,12H2,1H3. The van der Waals surface area contributed by atoms with Gasteiger partial charge in [0.25, 0.3) is 0 Å². The third-order valence-corrected chi connectivity index (χ3v) is 2.36. The fourth-order valence-electron chi connectivity index (χ4n) is 1.58. The van der Waals surface area contributed by atoms with Gasteiger partial charge in [-0.25, -0.2) is 5.90 Å². The summed E-state index contributed by atoms with van der Waals surface area (Å²) in [5, 5.41) is 2.24. The number of nitrogens with zero attached hydrogens (tertiary/aromatic N) is 1. The van der Waals surface area contributed by atoms with Crippen molar-refractivity contribution in [1.29, 1.82) is 0 Å². The molecule has 0 saturated carbocycles. The number of hydrogen-bond acceptors (Lipinski definition) is 3. The maximum atomic E-state index is 5.18. The first-order valence-electron chi connectivity index (χ1n) is 4.51. The van der Waals surface area contributed by atoms with Crippen LogP contribution in [0.1, 0.15) is 18.6 Å². The third-order valence-electron chi connectivity index (χ3n) is 2.36. The Labute approximate surface area is 82.5 Å². The fourth-order valence-corrected chi connectivity index (χ4v) is 1.58. The molecule has 0 aliphatic carbocycles. The van der Waals surface area contributed by atoms with E-state index in [1.165, 1.54) is 0 Å². The van der Waals surface area contributed by atoms with Gasteiger partial charge in [-0.05, 0) is 23.9 Å². The molecule has 14 heavy (non-hydrogen) atoms. The van der Waals surface area contributed by atoms with Gasteiger partial charge in [-0.3, -0.25) is 9.82 Å². The number of rotatable bonds is 2. The van der Waals surface area contributed by atoms with Gasteiger partial charge >= 0.3 is 0 Å². The molecule has 0 radical (unpaired) electrons. The van der Waals surface area contributed by atoms with Gasteiger partial charge in [0.1, 0.15) is 6.10 Å². The Kier molecular flexibility index (Phi) is 2.43. The summed E-state index contributed by atoms with van der Waals surface area (Å²) < 4.78 is 0. The maximum absolute atomic E-state index is 5.18. The van der Waals surface area contributed by atoms with Crippen LogP contribution in [0, 0.1) is 0 Å². The highest BCUT2D eigenvalue weighted by atomic mass is 16.6. The van der Waals surface area contributed by atoms with Crippen LogP contribution >= 0.6 is 0 Å². The Bertz CT molecular complexity index is 437. The van der Waals surface area contributed by atoms with E-state index in [0.717, 1.165) is 16.3 Å². The van der Waals surface area contributed by atoms with Gasteiger partial charge in [0, 0.05) is 17.8 Å². The SMILES string of the molecule is CC(ON)c1cccc2cnccc12. The summed E-state index contributed by atoms with van der Waals surface area (Å²) in [4.78, 5) is 8.89. The van der Waals surface area contributed by atoms with Gasteiger partial charge in [0.05, 0.1) is 0 Å². The lowest BCUT2D eigenvalue weighted by molar-refractivity contribution is 0.0674. The molecular weight excluding hydrogens is 176 g/mol. The van der Waals surface area contributed by atoms with Crippen LogP contribution in [-0.4, -0.2) is 4.98 Å². The highest BCUT2D eigenvalue weighted by Gasteiger charge is 2.07. The van der Waals surface area contributed by atoms with Gasteiger partial charge in [0.15, 0.2) is 0 Å². The van der Waals surface area contributed by atoms with Crippen molar-refractivity contribution in [2.24, 2.45) is 5.90 Å². The molecule has 2 rings (SSSR count). The molecule has 1 unspecified atom stereocenters. The van der Waals surface area contributed by atoms with E-state index in [9.17, 15) is 0 Å². The zero-order valence-electron chi connectivity index (χ0n) is 7.97. The zero-order valence-corrected chi connectivity index (χ0v) is 7.97. The first-order chi connectivity index (χ1) is 6.83. The summed E-state index contributed by atoms with van der Waals surface area (Å²) in [6.07, 6.45) is 3.51. The number of pyridine rings is 1. The molecule has 0 amide bonds. The first kappa shape index (κ1) is 9.12. The molecule has 3 nitrogen and oxygen atoms in total. The molecular formula is C11H12N2O. The second-order valence-corrected chi connectivity index (χ2v) is 3.22. The lowest BCUT2D eigenvalue weighted by atomic mass is 10.0. The van der Waals surface area contributed by atoms with E-state index in [1.54, 1.807) is 6.20 Å². The van der Waals surface area contributed by atoms with E-state index >= 15 is 0 Å². The Balaban J connectivity index is 2.65. The monoisotopic (exact) mass is 188 g/mol. The summed E-state index contributed by atoms with van der Waals surface area (Å²) in [7, 11) is 0. The van der Waals surface area contributed by atoms with Crippen molar-refractivity contribution in [2.75, 3.05) is 0 Å². The molecule has 1 aromatic heterocycles. The van der Waals surface area contributed by atoms with Crippen molar-refractivity contribution >= 4 is 10.8 Å². The largest absolute Gasteiger partial charge is 0.297 e. The number of hydrogen-bond donors (Lipinski definition) is 1. The lowest BCUT2D eigenvalue weighted by Gasteiger charge is -2.11. The van der Waals surface area contributed by atoms with Crippen molar-refractivity contribution in [3.63, 3.8) is 0 Å². The Morgan fingerprint density at radius 1 is 1.36 bits per heavy atom. The van der Waals surface area contributed by atoms with E-state index in [0.29, 0.717) is 0 Å². The quantitative estimate of drug-likeness (QED) is 0.735. The highest BCUT2D eigenvalue weighted by molar-refractivity contribution is 5.85. The van der Waals surface area contributed by atoms with Crippen molar-refractivity contribution in [3.05, 3.63) is 42.2 Å². The molecule has 0 fully saturated rings. The average Bonchev–Trinajstić information content (AvgIpc) is 2.27. The summed E-state index contributed by atoms with van der Waals surface area (Å²) in [5.74, 6) is 5.18. The van der Waals surface area contributed by atoms with Crippen LogP contribution < -0.4 is 5.90 Å². The highest BCUT2D eigenvalue weighted by Crippen LogP contribution is 2.24. The molecule has 0 aliphatic rings. The van der Waals surface area contributed by atoms with E-state index in [-0.39, 0.29) is 6.10 Å². The third kappa shape index (κ3) is 1.47. The lowest BCUT2D eigenvalue weighted by Crippen LogP contribution is -2.05. The smallest absolute Gasteiger partial charge is 0.101 e. The summed E-state index contributed by atoms with van der Waals surface area (Å²) in [5.41, 5.74) is 1.09. The first-order valence-corrected chi connectivity index (χ1v) is 4.51. The number of aromatic nitrogens is 1. The summed E-state index contributed by atoms with van der Waals surface area (Å²) in [6, 6.07) is 7.99. The Morgan fingerprint density at radius 2 is 2.21 bits per heavy atom. The maximum Gasteiger partial charge on any atom is 0.101 e. The topological polar surface area (TPSA) is 48.1 Å². The molecule has 1 heterocycles. The average molecular weight is 188 g/mol. The van der Waals surface area contributed by atoms with Crippen molar-refractivity contribution in [3.8, 4) is 0 Å². The fraction of sp³-hybridized carbons (Fsp3) is 0.182. The molecule has 0 spiro atoms. The number of benzene rings is 1. The van der Waals surface area contributed by atoms with Crippen molar-refractivity contribution < 1.29 is 4.84 Å². The predicted molar refractivity (Wildman–Crippen MR) is 55.4 cm³/mol. The van der Waals surface area contributed by atoms with Crippen LogP contribution in [0.3, 0.4) is 0 Å². The Hall–Kier alpha value is -1.45. The zero-order chi connectivity index (χ0) is 9.97. The minimum absolute atomic E-state index is 0.0962. The normalized spacial score (nSPS) is 13.0. The van der Waals surface area contributed by atoms with Crippen LogP contribution in [0.15, 0.2) is 36.7 Å². The molecule has 2 aromatic rings. The molecule has 2 N–H and O–H groups in total. The van der Waals surface area contributed by atoms with Gasteiger partial charge < -0.3 is 0 Å². The predicted octanol–water partition coefficient (Wildman–Crippen LogP) is 2.19. The van der Waals surface area contributed by atoms with Crippen molar-refractivity contribution in [2.45, 2.75) is 13.0 Å². The van der Waals surface area contributed by atoms with E-state index in [1.807, 2.05) is 37.4 Å². The minimum atomic E-state index is -0.0962.